The van der Waals surface area contributed by atoms with Crippen molar-refractivity contribution in [3.8, 4) is 11.3 Å². The molecule has 0 bridgehead atoms. The van der Waals surface area contributed by atoms with Crippen LogP contribution in [0.15, 0.2) is 48.5 Å². The zero-order valence-corrected chi connectivity index (χ0v) is 12.0. The Morgan fingerprint density at radius 1 is 1.00 bits per heavy atom. The van der Waals surface area contributed by atoms with Gasteiger partial charge in [0, 0.05) is 10.9 Å². The van der Waals surface area contributed by atoms with Gasteiger partial charge >= 0.3 is 5.97 Å². The summed E-state index contributed by atoms with van der Waals surface area (Å²) >= 11 is 0. The van der Waals surface area contributed by atoms with Crippen molar-refractivity contribution in [2.45, 2.75) is 19.3 Å². The van der Waals surface area contributed by atoms with Crippen LogP contribution < -0.4 is 0 Å². The second-order valence-corrected chi connectivity index (χ2v) is 5.65. The van der Waals surface area contributed by atoms with Gasteiger partial charge in [-0.1, -0.05) is 42.5 Å². The first-order valence-corrected chi connectivity index (χ1v) is 7.49. The van der Waals surface area contributed by atoms with E-state index in [9.17, 15) is 9.90 Å². The van der Waals surface area contributed by atoms with Gasteiger partial charge in [0.25, 0.3) is 0 Å². The fourth-order valence-corrected chi connectivity index (χ4v) is 3.39. The molecule has 0 radical (unpaired) electrons. The number of aromatic carboxylic acids is 1. The number of hydrogen-bond donors (Lipinski definition) is 1. The van der Waals surface area contributed by atoms with Crippen LogP contribution in [0.3, 0.4) is 0 Å². The lowest BCUT2D eigenvalue weighted by Crippen LogP contribution is -2.07. The van der Waals surface area contributed by atoms with Crippen LogP contribution in [0, 0.1) is 0 Å². The highest BCUT2D eigenvalue weighted by Gasteiger charge is 2.23. The summed E-state index contributed by atoms with van der Waals surface area (Å²) in [6.45, 7) is 0. The van der Waals surface area contributed by atoms with Crippen molar-refractivity contribution in [2.24, 2.45) is 0 Å². The Balaban J connectivity index is 2.15. The summed E-state index contributed by atoms with van der Waals surface area (Å²) in [4.78, 5) is 16.7. The topological polar surface area (TPSA) is 50.2 Å². The van der Waals surface area contributed by atoms with E-state index in [1.54, 1.807) is 0 Å². The Morgan fingerprint density at radius 2 is 1.77 bits per heavy atom. The Kier molecular flexibility index (Phi) is 2.93. The van der Waals surface area contributed by atoms with Gasteiger partial charge in [-0.05, 0) is 36.5 Å². The summed E-state index contributed by atoms with van der Waals surface area (Å²) in [5.41, 5.74) is 5.19. The molecule has 22 heavy (non-hydrogen) atoms. The van der Waals surface area contributed by atoms with Crippen molar-refractivity contribution in [3.63, 3.8) is 0 Å². The maximum absolute atomic E-state index is 11.9. The van der Waals surface area contributed by atoms with Crippen molar-refractivity contribution < 1.29 is 9.90 Å². The predicted octanol–water partition coefficient (Wildman–Crippen LogP) is 4.09. The van der Waals surface area contributed by atoms with Crippen LogP contribution in [0.4, 0.5) is 0 Å². The Bertz CT molecular complexity index is 899. The molecule has 0 fully saturated rings. The van der Waals surface area contributed by atoms with Gasteiger partial charge in [-0.3, -0.25) is 0 Å². The highest BCUT2D eigenvalue weighted by molar-refractivity contribution is 6.05. The van der Waals surface area contributed by atoms with Crippen molar-refractivity contribution in [2.75, 3.05) is 0 Å². The third kappa shape index (κ3) is 1.90. The molecule has 0 saturated carbocycles. The van der Waals surface area contributed by atoms with Crippen molar-refractivity contribution in [1.82, 2.24) is 4.98 Å². The summed E-state index contributed by atoms with van der Waals surface area (Å²) in [7, 11) is 0. The number of aryl methyl sites for hydroxylation is 1. The molecule has 1 aliphatic rings. The van der Waals surface area contributed by atoms with Crippen LogP contribution >= 0.6 is 0 Å². The maximum Gasteiger partial charge on any atom is 0.336 e. The van der Waals surface area contributed by atoms with Gasteiger partial charge < -0.3 is 5.11 Å². The summed E-state index contributed by atoms with van der Waals surface area (Å²) in [5.74, 6) is -0.866. The Labute approximate surface area is 128 Å². The quantitative estimate of drug-likeness (QED) is 0.734. The molecule has 1 N–H and O–H groups in total. The molecule has 0 spiro atoms. The number of aromatic nitrogens is 1. The van der Waals surface area contributed by atoms with E-state index in [0.717, 1.165) is 47.0 Å². The van der Waals surface area contributed by atoms with Gasteiger partial charge in [0.15, 0.2) is 0 Å². The number of pyridine rings is 1. The van der Waals surface area contributed by atoms with E-state index >= 15 is 0 Å². The molecule has 0 unspecified atom stereocenters. The number of nitrogens with zero attached hydrogens (tertiary/aromatic N) is 1. The number of carbonyl (C=O) groups is 1. The summed E-state index contributed by atoms with van der Waals surface area (Å²) in [5, 5.41) is 10.5. The number of para-hydroxylation sites is 1. The molecule has 0 saturated heterocycles. The molecule has 2 aromatic carbocycles. The Hall–Kier alpha value is -2.68. The first-order chi connectivity index (χ1) is 10.8. The highest BCUT2D eigenvalue weighted by atomic mass is 16.4. The van der Waals surface area contributed by atoms with Crippen molar-refractivity contribution in [1.29, 1.82) is 0 Å². The molecule has 0 amide bonds. The lowest BCUT2D eigenvalue weighted by molar-refractivity contribution is 0.0698. The van der Waals surface area contributed by atoms with E-state index in [1.165, 1.54) is 5.56 Å². The highest BCUT2D eigenvalue weighted by Crippen LogP contribution is 2.35. The van der Waals surface area contributed by atoms with Crippen LogP contribution in [0.2, 0.25) is 0 Å². The van der Waals surface area contributed by atoms with Gasteiger partial charge in [-0.25, -0.2) is 9.78 Å². The zero-order valence-electron chi connectivity index (χ0n) is 12.0. The third-order valence-corrected chi connectivity index (χ3v) is 4.35. The number of hydrogen-bond acceptors (Lipinski definition) is 2. The SMILES string of the molecule is O=C(O)c1c2c(nc3ccccc13)-c1ccccc1CCC2. The van der Waals surface area contributed by atoms with E-state index in [2.05, 4.69) is 6.07 Å². The minimum atomic E-state index is -0.866. The number of carboxylic acid groups (broad SMARTS) is 1. The molecule has 108 valence electrons. The van der Waals surface area contributed by atoms with E-state index in [0.29, 0.717) is 5.56 Å². The first-order valence-electron chi connectivity index (χ1n) is 7.49. The maximum atomic E-state index is 11.9. The van der Waals surface area contributed by atoms with Gasteiger partial charge in [0.2, 0.25) is 0 Å². The van der Waals surface area contributed by atoms with Crippen LogP contribution in [-0.4, -0.2) is 16.1 Å². The monoisotopic (exact) mass is 289 g/mol. The predicted molar refractivity (Wildman–Crippen MR) is 86.2 cm³/mol. The fraction of sp³-hybridized carbons (Fsp3) is 0.158. The zero-order chi connectivity index (χ0) is 15.1. The van der Waals surface area contributed by atoms with E-state index in [-0.39, 0.29) is 0 Å². The molecule has 1 heterocycles. The Morgan fingerprint density at radius 3 is 2.64 bits per heavy atom. The van der Waals surface area contributed by atoms with E-state index < -0.39 is 5.97 Å². The van der Waals surface area contributed by atoms with Gasteiger partial charge in [-0.15, -0.1) is 0 Å². The van der Waals surface area contributed by atoms with E-state index in [1.807, 2.05) is 42.5 Å². The van der Waals surface area contributed by atoms with Crippen molar-refractivity contribution in [3.05, 3.63) is 65.2 Å². The van der Waals surface area contributed by atoms with Crippen LogP contribution in [0.25, 0.3) is 22.2 Å². The second-order valence-electron chi connectivity index (χ2n) is 5.65. The molecule has 1 aliphatic carbocycles. The van der Waals surface area contributed by atoms with E-state index in [4.69, 9.17) is 4.98 Å². The number of fused-ring (bicyclic) bond motifs is 4. The average Bonchev–Trinajstić information content (AvgIpc) is 2.71. The third-order valence-electron chi connectivity index (χ3n) is 4.35. The molecular formula is C19H15NO2. The number of benzene rings is 2. The van der Waals surface area contributed by atoms with Crippen molar-refractivity contribution >= 4 is 16.9 Å². The lowest BCUT2D eigenvalue weighted by Gasteiger charge is -2.13. The molecule has 3 aromatic rings. The van der Waals surface area contributed by atoms with Gasteiger partial charge in [-0.2, -0.15) is 0 Å². The average molecular weight is 289 g/mol. The largest absolute Gasteiger partial charge is 0.478 e. The van der Waals surface area contributed by atoms with Gasteiger partial charge in [0.05, 0.1) is 16.8 Å². The molecular weight excluding hydrogens is 274 g/mol. The van der Waals surface area contributed by atoms with Crippen LogP contribution in [0.1, 0.15) is 27.9 Å². The molecule has 1 aromatic heterocycles. The van der Waals surface area contributed by atoms with Crippen LogP contribution in [-0.2, 0) is 12.8 Å². The number of carboxylic acids is 1. The minimum Gasteiger partial charge on any atom is -0.478 e. The van der Waals surface area contributed by atoms with Gasteiger partial charge in [0.1, 0.15) is 0 Å². The summed E-state index contributed by atoms with van der Waals surface area (Å²) in [6, 6.07) is 15.7. The molecule has 3 nitrogen and oxygen atoms in total. The second kappa shape index (κ2) is 4.95. The normalized spacial score (nSPS) is 13.3. The first kappa shape index (κ1) is 13.0. The number of rotatable bonds is 1. The minimum absolute atomic E-state index is 0.414. The summed E-state index contributed by atoms with van der Waals surface area (Å²) < 4.78 is 0. The lowest BCUT2D eigenvalue weighted by atomic mass is 9.95. The summed E-state index contributed by atoms with van der Waals surface area (Å²) in [6.07, 6.45) is 2.66. The molecule has 0 atom stereocenters. The molecule has 0 aliphatic heterocycles. The smallest absolute Gasteiger partial charge is 0.336 e. The molecule has 3 heteroatoms. The fourth-order valence-electron chi connectivity index (χ4n) is 3.39. The molecule has 4 rings (SSSR count). The van der Waals surface area contributed by atoms with Crippen LogP contribution in [0.5, 0.6) is 0 Å². The standard InChI is InChI=1S/C19H15NO2/c21-19(22)17-14-9-3-4-11-16(14)20-18-13-8-2-1-6-12(13)7-5-10-15(17)18/h1-4,6,8-9,11H,5,7,10H2,(H,21,22).